The van der Waals surface area contributed by atoms with Gasteiger partial charge in [0.05, 0.1) is 22.6 Å². The van der Waals surface area contributed by atoms with Crippen molar-refractivity contribution in [2.45, 2.75) is 17.9 Å². The molecule has 0 aliphatic rings. The molecule has 0 aliphatic carbocycles. The molecule has 2 aromatic carbocycles. The highest BCUT2D eigenvalue weighted by molar-refractivity contribution is 7.89. The number of nitrogens with one attached hydrogen (secondary N) is 2. The Hall–Kier alpha value is -2.40. The van der Waals surface area contributed by atoms with E-state index in [1.807, 2.05) is 6.07 Å². The number of halogens is 1. The molecule has 1 unspecified atom stereocenters. The molecule has 0 saturated carbocycles. The van der Waals surface area contributed by atoms with Crippen LogP contribution in [0, 0.1) is 11.3 Å². The van der Waals surface area contributed by atoms with Crippen molar-refractivity contribution in [3.8, 4) is 6.07 Å². The number of carbonyl (C=O) groups excluding carboxylic acids is 1. The maximum absolute atomic E-state index is 12.2. The third-order valence-electron chi connectivity index (χ3n) is 3.11. The molecule has 0 fully saturated rings. The zero-order chi connectivity index (χ0) is 17.7. The van der Waals surface area contributed by atoms with Gasteiger partial charge in [-0.15, -0.1) is 0 Å². The second kappa shape index (κ2) is 7.45. The number of nitriles is 1. The highest BCUT2D eigenvalue weighted by Crippen LogP contribution is 2.15. The first-order valence-electron chi connectivity index (χ1n) is 6.91. The second-order valence-corrected chi connectivity index (χ2v) is 7.13. The summed E-state index contributed by atoms with van der Waals surface area (Å²) >= 11 is 5.73. The SMILES string of the molecule is CC(NS(=O)(=O)c1ccc(Cl)cc1)C(=O)Nc1cccc(C#N)c1. The lowest BCUT2D eigenvalue weighted by molar-refractivity contribution is -0.117. The Morgan fingerprint density at radius 1 is 1.21 bits per heavy atom. The van der Waals surface area contributed by atoms with E-state index in [1.54, 1.807) is 18.2 Å². The van der Waals surface area contributed by atoms with Gasteiger partial charge in [0.25, 0.3) is 0 Å². The quantitative estimate of drug-likeness (QED) is 0.852. The summed E-state index contributed by atoms with van der Waals surface area (Å²) in [6, 6.07) is 12.9. The number of nitrogens with zero attached hydrogens (tertiary/aromatic N) is 1. The minimum absolute atomic E-state index is 0.0121. The zero-order valence-electron chi connectivity index (χ0n) is 12.7. The van der Waals surface area contributed by atoms with Crippen molar-refractivity contribution >= 4 is 33.2 Å². The van der Waals surface area contributed by atoms with Gasteiger partial charge in [-0.05, 0) is 49.4 Å². The van der Waals surface area contributed by atoms with E-state index in [9.17, 15) is 13.2 Å². The summed E-state index contributed by atoms with van der Waals surface area (Å²) in [5, 5.41) is 11.8. The van der Waals surface area contributed by atoms with Crippen molar-refractivity contribution in [2.24, 2.45) is 0 Å². The Morgan fingerprint density at radius 3 is 2.50 bits per heavy atom. The van der Waals surface area contributed by atoms with Crippen LogP contribution in [0.3, 0.4) is 0 Å². The average Bonchev–Trinajstić information content (AvgIpc) is 2.55. The van der Waals surface area contributed by atoms with E-state index in [1.165, 1.54) is 37.3 Å². The zero-order valence-corrected chi connectivity index (χ0v) is 14.2. The van der Waals surface area contributed by atoms with Gasteiger partial charge in [-0.2, -0.15) is 9.98 Å². The van der Waals surface area contributed by atoms with Gasteiger partial charge in [-0.3, -0.25) is 4.79 Å². The van der Waals surface area contributed by atoms with Gasteiger partial charge < -0.3 is 5.32 Å². The number of carbonyl (C=O) groups is 1. The Morgan fingerprint density at radius 2 is 1.88 bits per heavy atom. The van der Waals surface area contributed by atoms with Crippen LogP contribution < -0.4 is 10.0 Å². The molecule has 0 heterocycles. The number of rotatable bonds is 5. The van der Waals surface area contributed by atoms with Gasteiger partial charge in [0.2, 0.25) is 15.9 Å². The maximum atomic E-state index is 12.2. The van der Waals surface area contributed by atoms with Crippen LogP contribution in [0.5, 0.6) is 0 Å². The number of sulfonamides is 1. The molecule has 2 aromatic rings. The average molecular weight is 364 g/mol. The molecule has 0 saturated heterocycles. The number of benzene rings is 2. The van der Waals surface area contributed by atoms with Gasteiger partial charge in [0.1, 0.15) is 0 Å². The van der Waals surface area contributed by atoms with Crippen molar-refractivity contribution in [1.82, 2.24) is 4.72 Å². The molecule has 2 N–H and O–H groups in total. The summed E-state index contributed by atoms with van der Waals surface area (Å²) in [5.41, 5.74) is 0.804. The molecule has 124 valence electrons. The van der Waals surface area contributed by atoms with Crippen molar-refractivity contribution in [3.05, 3.63) is 59.1 Å². The molecule has 0 spiro atoms. The Kier molecular flexibility index (Phi) is 5.57. The first-order valence-corrected chi connectivity index (χ1v) is 8.77. The summed E-state index contributed by atoms with van der Waals surface area (Å²) in [7, 11) is -3.85. The van der Waals surface area contributed by atoms with Crippen LogP contribution in [-0.2, 0) is 14.8 Å². The van der Waals surface area contributed by atoms with Crippen molar-refractivity contribution in [3.63, 3.8) is 0 Å². The van der Waals surface area contributed by atoms with Crippen LogP contribution in [0.4, 0.5) is 5.69 Å². The van der Waals surface area contributed by atoms with Gasteiger partial charge in [0, 0.05) is 10.7 Å². The molecule has 6 nitrogen and oxygen atoms in total. The first kappa shape index (κ1) is 17.9. The van der Waals surface area contributed by atoms with Crippen LogP contribution in [0.25, 0.3) is 0 Å². The fraction of sp³-hybridized carbons (Fsp3) is 0.125. The largest absolute Gasteiger partial charge is 0.325 e. The summed E-state index contributed by atoms with van der Waals surface area (Å²) in [4.78, 5) is 12.1. The van der Waals surface area contributed by atoms with E-state index in [2.05, 4.69) is 10.0 Å². The van der Waals surface area contributed by atoms with Crippen molar-refractivity contribution < 1.29 is 13.2 Å². The topological polar surface area (TPSA) is 99.1 Å². The normalized spacial score (nSPS) is 12.2. The van der Waals surface area contributed by atoms with E-state index in [4.69, 9.17) is 16.9 Å². The number of hydrogen-bond donors (Lipinski definition) is 2. The van der Waals surface area contributed by atoms with Gasteiger partial charge in [-0.25, -0.2) is 8.42 Å². The van der Waals surface area contributed by atoms with E-state index >= 15 is 0 Å². The van der Waals surface area contributed by atoms with Gasteiger partial charge >= 0.3 is 0 Å². The molecule has 1 amide bonds. The molecule has 0 aliphatic heterocycles. The van der Waals surface area contributed by atoms with Gasteiger partial charge in [-0.1, -0.05) is 17.7 Å². The standard InChI is InChI=1S/C16H14ClN3O3S/c1-11(16(21)19-14-4-2-3-12(9-14)10-18)20-24(22,23)15-7-5-13(17)6-8-15/h2-9,11,20H,1H3,(H,19,21). The Balaban J connectivity index is 2.08. The predicted molar refractivity (Wildman–Crippen MR) is 91.0 cm³/mol. The third-order valence-corrected chi connectivity index (χ3v) is 4.92. The first-order chi connectivity index (χ1) is 11.3. The van der Waals surface area contributed by atoms with Crippen LogP contribution >= 0.6 is 11.6 Å². The van der Waals surface area contributed by atoms with E-state index in [0.717, 1.165) is 0 Å². The lowest BCUT2D eigenvalue weighted by Gasteiger charge is -2.14. The maximum Gasteiger partial charge on any atom is 0.242 e. The Bertz CT molecular complexity index is 890. The lowest BCUT2D eigenvalue weighted by atomic mass is 10.2. The molecular weight excluding hydrogens is 350 g/mol. The highest BCUT2D eigenvalue weighted by Gasteiger charge is 2.22. The van der Waals surface area contributed by atoms with E-state index in [-0.39, 0.29) is 4.90 Å². The van der Waals surface area contributed by atoms with Crippen molar-refractivity contribution in [1.29, 1.82) is 5.26 Å². The fourth-order valence-electron chi connectivity index (χ4n) is 1.89. The van der Waals surface area contributed by atoms with Crippen LogP contribution in [0.1, 0.15) is 12.5 Å². The van der Waals surface area contributed by atoms with Gasteiger partial charge in [0.15, 0.2) is 0 Å². The lowest BCUT2D eigenvalue weighted by Crippen LogP contribution is -2.41. The second-order valence-electron chi connectivity index (χ2n) is 4.98. The summed E-state index contributed by atoms with van der Waals surface area (Å²) in [5.74, 6) is -0.539. The predicted octanol–water partition coefficient (Wildman–Crippen LogP) is 2.52. The highest BCUT2D eigenvalue weighted by atomic mass is 35.5. The minimum Gasteiger partial charge on any atom is -0.325 e. The minimum atomic E-state index is -3.85. The molecule has 0 aromatic heterocycles. The summed E-state index contributed by atoms with van der Waals surface area (Å²) in [6.45, 7) is 1.43. The smallest absolute Gasteiger partial charge is 0.242 e. The summed E-state index contributed by atoms with van der Waals surface area (Å²) in [6.07, 6.45) is 0. The Labute approximate surface area is 145 Å². The van der Waals surface area contributed by atoms with Crippen LogP contribution in [0.15, 0.2) is 53.4 Å². The molecule has 24 heavy (non-hydrogen) atoms. The number of hydrogen-bond acceptors (Lipinski definition) is 4. The van der Waals surface area contributed by atoms with E-state index < -0.39 is 22.0 Å². The molecular formula is C16H14ClN3O3S. The molecule has 1 atom stereocenters. The molecule has 0 bridgehead atoms. The number of anilines is 1. The van der Waals surface area contributed by atoms with E-state index in [0.29, 0.717) is 16.3 Å². The monoisotopic (exact) mass is 363 g/mol. The van der Waals surface area contributed by atoms with Crippen LogP contribution in [0.2, 0.25) is 5.02 Å². The van der Waals surface area contributed by atoms with Crippen LogP contribution in [-0.4, -0.2) is 20.4 Å². The fourth-order valence-corrected chi connectivity index (χ4v) is 3.21. The summed E-state index contributed by atoms with van der Waals surface area (Å²) < 4.78 is 26.8. The molecule has 2 rings (SSSR count). The number of amides is 1. The third kappa shape index (κ3) is 4.55. The molecule has 0 radical (unpaired) electrons. The molecule has 8 heteroatoms. The van der Waals surface area contributed by atoms with Crippen molar-refractivity contribution in [2.75, 3.05) is 5.32 Å².